The van der Waals surface area contributed by atoms with E-state index in [9.17, 15) is 19.7 Å². The summed E-state index contributed by atoms with van der Waals surface area (Å²) in [5.41, 5.74) is 0.721. The van der Waals surface area contributed by atoms with Crippen LogP contribution in [0.5, 0.6) is 0 Å². The summed E-state index contributed by atoms with van der Waals surface area (Å²) >= 11 is 5.98. The van der Waals surface area contributed by atoms with Gasteiger partial charge in [0.15, 0.2) is 0 Å². The standard InChI is InChI=1S/C20H22ClN3O5/c1-20(2,3)29-19(26)22-11-10-13-4-6-14(7-5-13)23-18(25)16-12-15(24(27)28)8-9-17(16)21/h4-9,12H,10-11H2,1-3H3,(H,22,26)(H,23,25). The summed E-state index contributed by atoms with van der Waals surface area (Å²) in [7, 11) is 0. The first-order valence-corrected chi connectivity index (χ1v) is 9.24. The maximum atomic E-state index is 12.4. The van der Waals surface area contributed by atoms with Gasteiger partial charge in [-0.1, -0.05) is 23.7 Å². The lowest BCUT2D eigenvalue weighted by Crippen LogP contribution is -2.33. The molecule has 0 heterocycles. The number of amides is 2. The Kier molecular flexibility index (Phi) is 7.17. The number of alkyl carbamates (subject to hydrolysis) is 1. The third-order valence-electron chi connectivity index (χ3n) is 3.70. The second-order valence-electron chi connectivity index (χ2n) is 7.25. The fourth-order valence-electron chi connectivity index (χ4n) is 2.38. The summed E-state index contributed by atoms with van der Waals surface area (Å²) < 4.78 is 5.16. The molecule has 2 aromatic rings. The first-order valence-electron chi connectivity index (χ1n) is 8.86. The van der Waals surface area contributed by atoms with Crippen molar-refractivity contribution in [2.24, 2.45) is 0 Å². The van der Waals surface area contributed by atoms with Gasteiger partial charge in [0.05, 0.1) is 15.5 Å². The van der Waals surface area contributed by atoms with Crippen molar-refractivity contribution in [3.8, 4) is 0 Å². The number of nitrogens with one attached hydrogen (secondary N) is 2. The number of hydrogen-bond donors (Lipinski definition) is 2. The number of benzene rings is 2. The highest BCUT2D eigenvalue weighted by Gasteiger charge is 2.17. The summed E-state index contributed by atoms with van der Waals surface area (Å²) in [6.45, 7) is 5.78. The van der Waals surface area contributed by atoms with Crippen LogP contribution in [-0.4, -0.2) is 29.1 Å². The van der Waals surface area contributed by atoms with Crippen molar-refractivity contribution in [3.05, 3.63) is 68.7 Å². The average molecular weight is 420 g/mol. The van der Waals surface area contributed by atoms with Gasteiger partial charge in [-0.3, -0.25) is 14.9 Å². The predicted octanol–water partition coefficient (Wildman–Crippen LogP) is 4.57. The second-order valence-corrected chi connectivity index (χ2v) is 7.66. The van der Waals surface area contributed by atoms with Crippen molar-refractivity contribution < 1.29 is 19.2 Å². The van der Waals surface area contributed by atoms with Crippen molar-refractivity contribution in [1.29, 1.82) is 0 Å². The van der Waals surface area contributed by atoms with Crippen molar-refractivity contribution in [1.82, 2.24) is 5.32 Å². The minimum absolute atomic E-state index is 0.0199. The smallest absolute Gasteiger partial charge is 0.407 e. The van der Waals surface area contributed by atoms with Crippen molar-refractivity contribution in [3.63, 3.8) is 0 Å². The number of anilines is 1. The minimum Gasteiger partial charge on any atom is -0.444 e. The normalized spacial score (nSPS) is 10.9. The number of hydrogen-bond acceptors (Lipinski definition) is 5. The van der Waals surface area contributed by atoms with E-state index in [2.05, 4.69) is 10.6 Å². The lowest BCUT2D eigenvalue weighted by Gasteiger charge is -2.19. The Morgan fingerprint density at radius 3 is 2.38 bits per heavy atom. The van der Waals surface area contributed by atoms with Crippen LogP contribution >= 0.6 is 11.6 Å². The van der Waals surface area contributed by atoms with Crippen LogP contribution in [0.3, 0.4) is 0 Å². The van der Waals surface area contributed by atoms with Gasteiger partial charge in [-0.15, -0.1) is 0 Å². The minimum atomic E-state index is -0.590. The van der Waals surface area contributed by atoms with E-state index < -0.39 is 22.5 Å². The molecule has 154 valence electrons. The zero-order chi connectivity index (χ0) is 21.6. The average Bonchev–Trinajstić information content (AvgIpc) is 2.61. The molecule has 0 saturated heterocycles. The molecular formula is C20H22ClN3O5. The molecule has 0 atom stereocenters. The first kappa shape index (κ1) is 22.2. The van der Waals surface area contributed by atoms with Crippen LogP contribution in [0.1, 0.15) is 36.7 Å². The molecule has 2 amide bonds. The number of ether oxygens (including phenoxy) is 1. The summed E-state index contributed by atoms with van der Waals surface area (Å²) in [4.78, 5) is 34.3. The van der Waals surface area contributed by atoms with Gasteiger partial charge in [-0.05, 0) is 51.0 Å². The number of carbonyl (C=O) groups is 2. The van der Waals surface area contributed by atoms with Crippen LogP contribution < -0.4 is 10.6 Å². The molecule has 2 rings (SSSR count). The van der Waals surface area contributed by atoms with Crippen LogP contribution in [0.15, 0.2) is 42.5 Å². The van der Waals surface area contributed by atoms with Gasteiger partial charge in [0.2, 0.25) is 0 Å². The van der Waals surface area contributed by atoms with Crippen LogP contribution in [0.4, 0.5) is 16.2 Å². The van der Waals surface area contributed by atoms with E-state index in [0.29, 0.717) is 18.7 Å². The molecule has 2 N–H and O–H groups in total. The molecule has 0 fully saturated rings. The highest BCUT2D eigenvalue weighted by molar-refractivity contribution is 6.34. The van der Waals surface area contributed by atoms with E-state index in [0.717, 1.165) is 11.6 Å². The lowest BCUT2D eigenvalue weighted by molar-refractivity contribution is -0.384. The highest BCUT2D eigenvalue weighted by Crippen LogP contribution is 2.23. The van der Waals surface area contributed by atoms with E-state index in [1.54, 1.807) is 45.0 Å². The van der Waals surface area contributed by atoms with Crippen LogP contribution in [0.2, 0.25) is 5.02 Å². The summed E-state index contributed by atoms with van der Waals surface area (Å²) in [6.07, 6.45) is 0.111. The maximum absolute atomic E-state index is 12.4. The molecule has 0 saturated carbocycles. The van der Waals surface area contributed by atoms with Gasteiger partial charge in [0.1, 0.15) is 5.60 Å². The Morgan fingerprint density at radius 1 is 1.14 bits per heavy atom. The molecular weight excluding hydrogens is 398 g/mol. The molecule has 0 bridgehead atoms. The Hall–Kier alpha value is -3.13. The molecule has 2 aromatic carbocycles. The number of rotatable bonds is 6. The molecule has 29 heavy (non-hydrogen) atoms. The van der Waals surface area contributed by atoms with Crippen molar-refractivity contribution >= 4 is 35.0 Å². The van der Waals surface area contributed by atoms with Crippen molar-refractivity contribution in [2.75, 3.05) is 11.9 Å². The number of nitro benzene ring substituents is 1. The predicted molar refractivity (Wildman–Crippen MR) is 110 cm³/mol. The molecule has 0 radical (unpaired) electrons. The third-order valence-corrected chi connectivity index (χ3v) is 4.03. The quantitative estimate of drug-likeness (QED) is 0.526. The SMILES string of the molecule is CC(C)(C)OC(=O)NCCc1ccc(NC(=O)c2cc([N+](=O)[O-])ccc2Cl)cc1. The van der Waals surface area contributed by atoms with Gasteiger partial charge in [0, 0.05) is 24.4 Å². The molecule has 0 unspecified atom stereocenters. The van der Waals surface area contributed by atoms with E-state index in [1.807, 2.05) is 0 Å². The highest BCUT2D eigenvalue weighted by atomic mass is 35.5. The fraction of sp³-hybridized carbons (Fsp3) is 0.300. The fourth-order valence-corrected chi connectivity index (χ4v) is 2.58. The van der Waals surface area contributed by atoms with Gasteiger partial charge < -0.3 is 15.4 Å². The molecule has 0 aliphatic rings. The van der Waals surface area contributed by atoms with Crippen molar-refractivity contribution in [2.45, 2.75) is 32.8 Å². The Bertz CT molecular complexity index is 907. The van der Waals surface area contributed by atoms with E-state index in [-0.39, 0.29) is 16.3 Å². The summed E-state index contributed by atoms with van der Waals surface area (Å²) in [5, 5.41) is 16.3. The van der Waals surface area contributed by atoms with Gasteiger partial charge in [-0.2, -0.15) is 0 Å². The van der Waals surface area contributed by atoms with Gasteiger partial charge >= 0.3 is 6.09 Å². The molecule has 0 spiro atoms. The van der Waals surface area contributed by atoms with E-state index in [1.165, 1.54) is 12.1 Å². The Balaban J connectivity index is 1.92. The molecule has 0 aliphatic heterocycles. The van der Waals surface area contributed by atoms with Crippen LogP contribution in [-0.2, 0) is 11.2 Å². The lowest BCUT2D eigenvalue weighted by atomic mass is 10.1. The Labute approximate surface area is 173 Å². The first-order chi connectivity index (χ1) is 13.5. The molecule has 8 nitrogen and oxygen atoms in total. The maximum Gasteiger partial charge on any atom is 0.407 e. The van der Waals surface area contributed by atoms with E-state index in [4.69, 9.17) is 16.3 Å². The van der Waals surface area contributed by atoms with Crippen LogP contribution in [0.25, 0.3) is 0 Å². The van der Waals surface area contributed by atoms with Crippen LogP contribution in [0, 0.1) is 10.1 Å². The second kappa shape index (κ2) is 9.38. The largest absolute Gasteiger partial charge is 0.444 e. The monoisotopic (exact) mass is 419 g/mol. The number of nitro groups is 1. The molecule has 9 heteroatoms. The zero-order valence-corrected chi connectivity index (χ0v) is 17.1. The number of halogens is 1. The van der Waals surface area contributed by atoms with Gasteiger partial charge in [-0.25, -0.2) is 4.79 Å². The number of carbonyl (C=O) groups excluding carboxylic acids is 2. The summed E-state index contributed by atoms with van der Waals surface area (Å²) in [5.74, 6) is -0.543. The molecule has 0 aromatic heterocycles. The van der Waals surface area contributed by atoms with Gasteiger partial charge in [0.25, 0.3) is 11.6 Å². The number of non-ortho nitro benzene ring substituents is 1. The molecule has 0 aliphatic carbocycles. The topological polar surface area (TPSA) is 111 Å². The summed E-state index contributed by atoms with van der Waals surface area (Å²) in [6, 6.07) is 10.7. The number of nitrogens with zero attached hydrogens (tertiary/aromatic N) is 1. The zero-order valence-electron chi connectivity index (χ0n) is 16.3. The Morgan fingerprint density at radius 2 is 1.79 bits per heavy atom. The van der Waals surface area contributed by atoms with E-state index >= 15 is 0 Å². The third kappa shape index (κ3) is 7.08.